The van der Waals surface area contributed by atoms with E-state index in [9.17, 15) is 14.4 Å². The van der Waals surface area contributed by atoms with E-state index in [0.717, 1.165) is 17.5 Å². The van der Waals surface area contributed by atoms with E-state index in [4.69, 9.17) is 4.74 Å². The minimum absolute atomic E-state index is 0.335. The number of carbonyl (C=O) groups excluding carboxylic acids is 3. The van der Waals surface area contributed by atoms with Gasteiger partial charge in [-0.1, -0.05) is 43.7 Å². The highest BCUT2D eigenvalue weighted by Gasteiger charge is 2.39. The van der Waals surface area contributed by atoms with Crippen LogP contribution < -0.4 is 4.90 Å². The first-order valence-corrected chi connectivity index (χ1v) is 10.6. The molecule has 0 saturated heterocycles. The van der Waals surface area contributed by atoms with Gasteiger partial charge >= 0.3 is 5.97 Å². The van der Waals surface area contributed by atoms with Crippen LogP contribution in [0.3, 0.4) is 0 Å². The Kier molecular flexibility index (Phi) is 6.54. The number of imide groups is 1. The summed E-state index contributed by atoms with van der Waals surface area (Å²) >= 11 is 1.37. The predicted molar refractivity (Wildman–Crippen MR) is 116 cm³/mol. The molecule has 1 aliphatic heterocycles. The lowest BCUT2D eigenvalue weighted by Crippen LogP contribution is -2.31. The maximum Gasteiger partial charge on any atom is 0.338 e. The van der Waals surface area contributed by atoms with Crippen molar-refractivity contribution in [1.82, 2.24) is 0 Å². The molecule has 3 rings (SSSR count). The Labute approximate surface area is 174 Å². The first-order chi connectivity index (χ1) is 14.0. The first kappa shape index (κ1) is 20.9. The van der Waals surface area contributed by atoms with Crippen molar-refractivity contribution < 1.29 is 19.1 Å². The van der Waals surface area contributed by atoms with E-state index in [0.29, 0.717) is 34.1 Å². The van der Waals surface area contributed by atoms with Crippen molar-refractivity contribution in [1.29, 1.82) is 0 Å². The predicted octanol–water partition coefficient (Wildman–Crippen LogP) is 4.60. The van der Waals surface area contributed by atoms with E-state index in [2.05, 4.69) is 0 Å². The highest BCUT2D eigenvalue weighted by atomic mass is 32.2. The monoisotopic (exact) mass is 409 g/mol. The number of nitrogens with zero attached hydrogens (tertiary/aromatic N) is 1. The van der Waals surface area contributed by atoms with Crippen molar-refractivity contribution in [2.75, 3.05) is 17.3 Å². The lowest BCUT2D eigenvalue weighted by molar-refractivity contribution is -0.119. The normalized spacial score (nSPS) is 14.0. The second-order valence-electron chi connectivity index (χ2n) is 6.63. The van der Waals surface area contributed by atoms with Gasteiger partial charge in [0, 0.05) is 0 Å². The van der Waals surface area contributed by atoms with Gasteiger partial charge in [0.15, 0.2) is 0 Å². The van der Waals surface area contributed by atoms with Crippen LogP contribution in [-0.4, -0.2) is 30.1 Å². The van der Waals surface area contributed by atoms with Gasteiger partial charge in [0.05, 0.1) is 28.3 Å². The Morgan fingerprint density at radius 3 is 2.21 bits per heavy atom. The molecule has 1 heterocycles. The second kappa shape index (κ2) is 9.09. The average molecular weight is 410 g/mol. The summed E-state index contributed by atoms with van der Waals surface area (Å²) in [5.41, 5.74) is 3.05. The summed E-state index contributed by atoms with van der Waals surface area (Å²) in [5, 5.41) is 0. The van der Waals surface area contributed by atoms with Crippen LogP contribution in [0.1, 0.15) is 41.8 Å². The molecule has 150 valence electrons. The summed E-state index contributed by atoms with van der Waals surface area (Å²) in [6.07, 6.45) is 0.742. The maximum absolute atomic E-state index is 13.2. The fourth-order valence-electron chi connectivity index (χ4n) is 3.02. The SMILES string of the molecule is CCCOC(=O)c1ccc(N2C(=O)C(SCC)=C(c3ccc(C)cc3)C2=O)cc1. The molecule has 0 fully saturated rings. The van der Waals surface area contributed by atoms with E-state index in [1.54, 1.807) is 24.3 Å². The summed E-state index contributed by atoms with van der Waals surface area (Å²) in [5.74, 6) is -0.423. The third-order valence-electron chi connectivity index (χ3n) is 4.47. The molecule has 0 N–H and O–H groups in total. The fraction of sp³-hybridized carbons (Fsp3) is 0.261. The van der Waals surface area contributed by atoms with Gasteiger partial charge in [0.25, 0.3) is 11.8 Å². The Morgan fingerprint density at radius 2 is 1.62 bits per heavy atom. The molecule has 0 radical (unpaired) electrons. The third-order valence-corrected chi connectivity index (χ3v) is 5.42. The van der Waals surface area contributed by atoms with E-state index >= 15 is 0 Å². The van der Waals surface area contributed by atoms with E-state index in [-0.39, 0.29) is 11.8 Å². The number of hydrogen-bond donors (Lipinski definition) is 0. The van der Waals surface area contributed by atoms with Gasteiger partial charge < -0.3 is 4.74 Å². The molecular formula is C23H23NO4S. The molecule has 2 amide bonds. The van der Waals surface area contributed by atoms with Crippen LogP contribution in [0.5, 0.6) is 0 Å². The lowest BCUT2D eigenvalue weighted by Gasteiger charge is -2.15. The number of anilines is 1. The molecule has 0 spiro atoms. The first-order valence-electron chi connectivity index (χ1n) is 9.58. The Hall–Kier alpha value is -2.86. The van der Waals surface area contributed by atoms with Crippen molar-refractivity contribution in [3.05, 3.63) is 70.1 Å². The number of hydrogen-bond acceptors (Lipinski definition) is 5. The topological polar surface area (TPSA) is 63.7 Å². The third kappa shape index (κ3) is 4.27. The molecule has 2 aromatic rings. The van der Waals surface area contributed by atoms with Crippen LogP contribution in [0.2, 0.25) is 0 Å². The zero-order valence-corrected chi connectivity index (χ0v) is 17.5. The molecule has 6 heteroatoms. The van der Waals surface area contributed by atoms with Crippen LogP contribution in [0.4, 0.5) is 5.69 Å². The van der Waals surface area contributed by atoms with E-state index in [1.165, 1.54) is 16.7 Å². The molecule has 0 unspecified atom stereocenters. The van der Waals surface area contributed by atoms with Crippen LogP contribution in [0.25, 0.3) is 5.57 Å². The molecule has 2 aromatic carbocycles. The number of rotatable bonds is 7. The highest BCUT2D eigenvalue weighted by Crippen LogP contribution is 2.38. The summed E-state index contributed by atoms with van der Waals surface area (Å²) in [4.78, 5) is 39.9. The van der Waals surface area contributed by atoms with Gasteiger partial charge in [-0.25, -0.2) is 9.69 Å². The summed E-state index contributed by atoms with van der Waals surface area (Å²) in [6.45, 7) is 6.19. The quantitative estimate of drug-likeness (QED) is 0.494. The van der Waals surface area contributed by atoms with E-state index < -0.39 is 5.97 Å². The molecular weight excluding hydrogens is 386 g/mol. The summed E-state index contributed by atoms with van der Waals surface area (Å²) in [6, 6.07) is 13.9. The average Bonchev–Trinajstić information content (AvgIpc) is 2.97. The largest absolute Gasteiger partial charge is 0.462 e. The molecule has 1 aliphatic rings. The Morgan fingerprint density at radius 1 is 0.966 bits per heavy atom. The van der Waals surface area contributed by atoms with Gasteiger partial charge in [-0.2, -0.15) is 0 Å². The fourth-order valence-corrected chi connectivity index (χ4v) is 3.87. The molecule has 29 heavy (non-hydrogen) atoms. The van der Waals surface area contributed by atoms with Gasteiger partial charge in [-0.3, -0.25) is 9.59 Å². The Bertz CT molecular complexity index is 961. The molecule has 0 aliphatic carbocycles. The molecule has 0 atom stereocenters. The minimum Gasteiger partial charge on any atom is -0.462 e. The van der Waals surface area contributed by atoms with Crippen LogP contribution >= 0.6 is 11.8 Å². The van der Waals surface area contributed by atoms with E-state index in [1.807, 2.05) is 45.0 Å². The minimum atomic E-state index is -0.418. The van der Waals surface area contributed by atoms with Crippen LogP contribution in [0.15, 0.2) is 53.4 Å². The van der Waals surface area contributed by atoms with Gasteiger partial charge in [0.2, 0.25) is 0 Å². The standard InChI is InChI=1S/C23H23NO4S/c1-4-14-28-23(27)17-10-12-18(13-11-17)24-21(25)19(20(22(24)26)29-5-2)16-8-6-15(3)7-9-16/h6-13H,4-5,14H2,1-3H3. The van der Waals surface area contributed by atoms with Crippen molar-refractivity contribution in [2.24, 2.45) is 0 Å². The number of aryl methyl sites for hydroxylation is 1. The number of carbonyl (C=O) groups is 3. The smallest absolute Gasteiger partial charge is 0.338 e. The molecule has 0 saturated carbocycles. The number of thioether (sulfide) groups is 1. The number of esters is 1. The highest BCUT2D eigenvalue weighted by molar-refractivity contribution is 8.04. The van der Waals surface area contributed by atoms with Crippen molar-refractivity contribution >= 4 is 40.8 Å². The lowest BCUT2D eigenvalue weighted by atomic mass is 10.0. The van der Waals surface area contributed by atoms with Crippen LogP contribution in [-0.2, 0) is 14.3 Å². The van der Waals surface area contributed by atoms with Gasteiger partial charge in [-0.05, 0) is 48.9 Å². The maximum atomic E-state index is 13.2. The summed E-state index contributed by atoms with van der Waals surface area (Å²) in [7, 11) is 0. The molecule has 0 aromatic heterocycles. The second-order valence-corrected chi connectivity index (χ2v) is 7.91. The molecule has 0 bridgehead atoms. The van der Waals surface area contributed by atoms with Gasteiger partial charge in [0.1, 0.15) is 0 Å². The molecule has 5 nitrogen and oxygen atoms in total. The van der Waals surface area contributed by atoms with Crippen molar-refractivity contribution in [3.63, 3.8) is 0 Å². The van der Waals surface area contributed by atoms with Crippen molar-refractivity contribution in [2.45, 2.75) is 27.2 Å². The summed E-state index contributed by atoms with van der Waals surface area (Å²) < 4.78 is 5.12. The zero-order chi connectivity index (χ0) is 21.0. The number of ether oxygens (including phenoxy) is 1. The number of amides is 2. The van der Waals surface area contributed by atoms with Gasteiger partial charge in [-0.15, -0.1) is 11.8 Å². The van der Waals surface area contributed by atoms with Crippen molar-refractivity contribution in [3.8, 4) is 0 Å². The number of benzene rings is 2. The van der Waals surface area contributed by atoms with Crippen LogP contribution in [0, 0.1) is 6.92 Å². The Balaban J connectivity index is 1.92. The zero-order valence-electron chi connectivity index (χ0n) is 16.7.